The Morgan fingerprint density at radius 2 is 1.87 bits per heavy atom. The zero-order valence-corrected chi connectivity index (χ0v) is 18.0. The van der Waals surface area contributed by atoms with Crippen LogP contribution in [-0.2, 0) is 17.8 Å². The molecule has 2 N–H and O–H groups in total. The second-order valence-electron chi connectivity index (χ2n) is 6.99. The standard InChI is InChI=1S/C21H22FN5O3S/c1-29-17-9-13-7-8-26(11-14(13)10-18(17)30-2)19(28)12-31-21-25-24-20(27(21)23)15-5-3-4-6-16(15)22/h3-6,9-10H,7-8,11-12,23H2,1-2H3. The lowest BCUT2D eigenvalue weighted by Crippen LogP contribution is -2.37. The number of nitrogen functional groups attached to an aromatic ring is 1. The van der Waals surface area contributed by atoms with Gasteiger partial charge in [0.2, 0.25) is 11.1 Å². The van der Waals surface area contributed by atoms with Gasteiger partial charge in [-0.1, -0.05) is 23.9 Å². The summed E-state index contributed by atoms with van der Waals surface area (Å²) in [4.78, 5) is 14.6. The third kappa shape index (κ3) is 4.15. The molecule has 0 spiro atoms. The predicted molar refractivity (Wildman–Crippen MR) is 115 cm³/mol. The number of hydrogen-bond acceptors (Lipinski definition) is 7. The van der Waals surface area contributed by atoms with Gasteiger partial charge in [0.05, 0.1) is 25.5 Å². The Balaban J connectivity index is 1.43. The second kappa shape index (κ2) is 8.84. The van der Waals surface area contributed by atoms with E-state index >= 15 is 0 Å². The molecular formula is C21H22FN5O3S. The number of fused-ring (bicyclic) bond motifs is 1. The molecule has 4 rings (SSSR count). The number of nitrogens with two attached hydrogens (primary N) is 1. The molecule has 1 aliphatic rings. The molecule has 0 saturated carbocycles. The van der Waals surface area contributed by atoms with Crippen LogP contribution in [0.2, 0.25) is 0 Å². The molecule has 0 aliphatic carbocycles. The van der Waals surface area contributed by atoms with Crippen LogP contribution in [0.25, 0.3) is 11.4 Å². The van der Waals surface area contributed by atoms with Crippen LogP contribution < -0.4 is 15.3 Å². The van der Waals surface area contributed by atoms with Gasteiger partial charge in [-0.05, 0) is 41.8 Å². The average Bonchev–Trinajstić information content (AvgIpc) is 3.16. The SMILES string of the molecule is COc1cc2c(cc1OC)CN(C(=O)CSc1nnc(-c3ccccc3F)n1N)CC2. The topological polar surface area (TPSA) is 95.5 Å². The van der Waals surface area contributed by atoms with Crippen LogP contribution in [0.15, 0.2) is 41.6 Å². The molecule has 0 saturated heterocycles. The van der Waals surface area contributed by atoms with Gasteiger partial charge in [0.25, 0.3) is 0 Å². The monoisotopic (exact) mass is 443 g/mol. The highest BCUT2D eigenvalue weighted by molar-refractivity contribution is 7.99. The van der Waals surface area contributed by atoms with Crippen molar-refractivity contribution in [3.8, 4) is 22.9 Å². The Labute approximate surface area is 183 Å². The van der Waals surface area contributed by atoms with Gasteiger partial charge in [-0.2, -0.15) is 0 Å². The average molecular weight is 444 g/mol. The number of hydrogen-bond donors (Lipinski definition) is 1. The van der Waals surface area contributed by atoms with Crippen molar-refractivity contribution >= 4 is 17.7 Å². The highest BCUT2D eigenvalue weighted by atomic mass is 32.2. The molecule has 1 aliphatic heterocycles. The number of aromatic nitrogens is 3. The van der Waals surface area contributed by atoms with Gasteiger partial charge < -0.3 is 20.2 Å². The molecule has 0 bridgehead atoms. The highest BCUT2D eigenvalue weighted by Gasteiger charge is 2.24. The second-order valence-corrected chi connectivity index (χ2v) is 7.93. The summed E-state index contributed by atoms with van der Waals surface area (Å²) in [5, 5.41) is 8.33. The summed E-state index contributed by atoms with van der Waals surface area (Å²) >= 11 is 1.17. The van der Waals surface area contributed by atoms with Crippen LogP contribution in [0.3, 0.4) is 0 Å². The molecular weight excluding hydrogens is 421 g/mol. The van der Waals surface area contributed by atoms with Crippen LogP contribution in [0.4, 0.5) is 4.39 Å². The zero-order chi connectivity index (χ0) is 22.0. The van der Waals surface area contributed by atoms with Crippen molar-refractivity contribution in [3.63, 3.8) is 0 Å². The fraction of sp³-hybridized carbons (Fsp3) is 0.286. The van der Waals surface area contributed by atoms with E-state index in [-0.39, 0.29) is 23.0 Å². The summed E-state index contributed by atoms with van der Waals surface area (Å²) in [6.45, 7) is 1.10. The predicted octanol–water partition coefficient (Wildman–Crippen LogP) is 2.49. The van der Waals surface area contributed by atoms with Crippen molar-refractivity contribution in [2.45, 2.75) is 18.1 Å². The number of methoxy groups -OCH3 is 2. The summed E-state index contributed by atoms with van der Waals surface area (Å²) in [5.74, 6) is 7.25. The highest BCUT2D eigenvalue weighted by Crippen LogP contribution is 2.33. The van der Waals surface area contributed by atoms with Gasteiger partial charge in [-0.25, -0.2) is 9.07 Å². The molecule has 0 atom stereocenters. The first-order valence-electron chi connectivity index (χ1n) is 9.61. The Kier molecular flexibility index (Phi) is 5.99. The molecule has 3 aromatic rings. The first-order valence-corrected chi connectivity index (χ1v) is 10.6. The molecule has 2 heterocycles. The van der Waals surface area contributed by atoms with E-state index in [1.807, 2.05) is 12.1 Å². The molecule has 2 aromatic carbocycles. The summed E-state index contributed by atoms with van der Waals surface area (Å²) in [6, 6.07) is 10.1. The maximum atomic E-state index is 14.0. The summed E-state index contributed by atoms with van der Waals surface area (Å²) in [6.07, 6.45) is 0.733. The summed E-state index contributed by atoms with van der Waals surface area (Å²) in [5.41, 5.74) is 2.43. The molecule has 0 radical (unpaired) electrons. The van der Waals surface area contributed by atoms with Crippen molar-refractivity contribution < 1.29 is 18.7 Å². The minimum Gasteiger partial charge on any atom is -0.493 e. The fourth-order valence-electron chi connectivity index (χ4n) is 3.52. The molecule has 10 heteroatoms. The Hall–Kier alpha value is -3.27. The fourth-order valence-corrected chi connectivity index (χ4v) is 4.27. The number of ether oxygens (including phenoxy) is 2. The van der Waals surface area contributed by atoms with Gasteiger partial charge in [0, 0.05) is 13.1 Å². The maximum absolute atomic E-state index is 14.0. The van der Waals surface area contributed by atoms with E-state index < -0.39 is 5.82 Å². The number of amides is 1. The van der Waals surface area contributed by atoms with E-state index in [2.05, 4.69) is 10.2 Å². The van der Waals surface area contributed by atoms with E-state index in [0.29, 0.717) is 29.7 Å². The van der Waals surface area contributed by atoms with Crippen molar-refractivity contribution in [2.75, 3.05) is 32.4 Å². The number of rotatable bonds is 6. The Morgan fingerprint density at radius 1 is 1.16 bits per heavy atom. The van der Waals surface area contributed by atoms with Crippen LogP contribution in [-0.4, -0.2) is 52.2 Å². The van der Waals surface area contributed by atoms with E-state index in [9.17, 15) is 9.18 Å². The summed E-state index contributed by atoms with van der Waals surface area (Å²) < 4.78 is 26.0. The largest absolute Gasteiger partial charge is 0.493 e. The summed E-state index contributed by atoms with van der Waals surface area (Å²) in [7, 11) is 3.19. The lowest BCUT2D eigenvalue weighted by atomic mass is 9.99. The van der Waals surface area contributed by atoms with E-state index in [0.717, 1.165) is 17.5 Å². The number of carbonyl (C=O) groups excluding carboxylic acids is 1. The van der Waals surface area contributed by atoms with Crippen molar-refractivity contribution in [2.24, 2.45) is 0 Å². The minimum atomic E-state index is -0.437. The number of halogens is 1. The lowest BCUT2D eigenvalue weighted by Gasteiger charge is -2.29. The number of benzene rings is 2. The smallest absolute Gasteiger partial charge is 0.233 e. The third-order valence-electron chi connectivity index (χ3n) is 5.17. The molecule has 162 valence electrons. The number of thioether (sulfide) groups is 1. The first kappa shape index (κ1) is 21.0. The van der Waals surface area contributed by atoms with Crippen molar-refractivity contribution in [3.05, 3.63) is 53.3 Å². The van der Waals surface area contributed by atoms with Crippen LogP contribution in [0, 0.1) is 5.82 Å². The van der Waals surface area contributed by atoms with Crippen molar-refractivity contribution in [1.29, 1.82) is 0 Å². The molecule has 0 fully saturated rings. The van der Waals surface area contributed by atoms with Gasteiger partial charge in [0.15, 0.2) is 17.3 Å². The van der Waals surface area contributed by atoms with Crippen LogP contribution in [0.1, 0.15) is 11.1 Å². The Morgan fingerprint density at radius 3 is 2.58 bits per heavy atom. The quantitative estimate of drug-likeness (QED) is 0.462. The maximum Gasteiger partial charge on any atom is 0.233 e. The molecule has 0 unspecified atom stereocenters. The molecule has 31 heavy (non-hydrogen) atoms. The van der Waals surface area contributed by atoms with E-state index in [1.165, 1.54) is 22.5 Å². The van der Waals surface area contributed by atoms with E-state index in [4.69, 9.17) is 15.3 Å². The van der Waals surface area contributed by atoms with E-state index in [1.54, 1.807) is 37.3 Å². The number of carbonyl (C=O) groups is 1. The zero-order valence-electron chi connectivity index (χ0n) is 17.2. The first-order chi connectivity index (χ1) is 15.0. The third-order valence-corrected chi connectivity index (χ3v) is 6.10. The van der Waals surface area contributed by atoms with Gasteiger partial charge in [-0.15, -0.1) is 10.2 Å². The van der Waals surface area contributed by atoms with Gasteiger partial charge >= 0.3 is 0 Å². The molecule has 1 aromatic heterocycles. The Bertz CT molecular complexity index is 1120. The van der Waals surface area contributed by atoms with Gasteiger partial charge in [-0.3, -0.25) is 4.79 Å². The molecule has 8 nitrogen and oxygen atoms in total. The minimum absolute atomic E-state index is 0.0409. The number of nitrogens with zero attached hydrogens (tertiary/aromatic N) is 4. The van der Waals surface area contributed by atoms with Crippen LogP contribution in [0.5, 0.6) is 11.5 Å². The molecule has 1 amide bonds. The van der Waals surface area contributed by atoms with Crippen molar-refractivity contribution in [1.82, 2.24) is 19.8 Å². The van der Waals surface area contributed by atoms with Crippen LogP contribution >= 0.6 is 11.8 Å². The lowest BCUT2D eigenvalue weighted by molar-refractivity contribution is -0.129. The normalized spacial score (nSPS) is 13.1. The van der Waals surface area contributed by atoms with Gasteiger partial charge in [0.1, 0.15) is 5.82 Å².